The summed E-state index contributed by atoms with van der Waals surface area (Å²) in [5.41, 5.74) is 2.02. The minimum absolute atomic E-state index is 0.00670. The van der Waals surface area contributed by atoms with Gasteiger partial charge in [-0.05, 0) is 13.8 Å². The molecule has 0 saturated carbocycles. The van der Waals surface area contributed by atoms with Crippen LogP contribution in [-0.2, 0) is 12.1 Å². The Kier molecular flexibility index (Phi) is 3.57. The first-order chi connectivity index (χ1) is 8.13. The summed E-state index contributed by atoms with van der Waals surface area (Å²) in [6, 6.07) is 1.84. The molecule has 1 aromatic rings. The van der Waals surface area contributed by atoms with E-state index >= 15 is 0 Å². The lowest BCUT2D eigenvalue weighted by Gasteiger charge is -2.26. The third-order valence-electron chi connectivity index (χ3n) is 2.64. The number of hydrogen-bond acceptors (Lipinski definition) is 4. The van der Waals surface area contributed by atoms with Gasteiger partial charge in [0.1, 0.15) is 5.82 Å². The second-order valence-electron chi connectivity index (χ2n) is 4.05. The highest BCUT2D eigenvalue weighted by molar-refractivity contribution is 5.47. The van der Waals surface area contributed by atoms with Crippen LogP contribution in [-0.4, -0.2) is 21.1 Å². The van der Waals surface area contributed by atoms with Crippen LogP contribution in [0.2, 0.25) is 0 Å². The predicted molar refractivity (Wildman–Crippen MR) is 57.2 cm³/mol. The number of hydrogen-bond donors (Lipinski definition) is 2. The van der Waals surface area contributed by atoms with Gasteiger partial charge in [-0.15, -0.1) is 0 Å². The zero-order chi connectivity index (χ0) is 14.1. The molecule has 3 N–H and O–H groups in total. The van der Waals surface area contributed by atoms with E-state index in [1.54, 1.807) is 0 Å². The zero-order valence-electron chi connectivity index (χ0n) is 9.91. The molecule has 0 aliphatic carbocycles. The number of aromatic nitrogens is 2. The Hall–Kier alpha value is -1.75. The fourth-order valence-electron chi connectivity index (χ4n) is 1.67. The van der Waals surface area contributed by atoms with Crippen molar-refractivity contribution in [3.63, 3.8) is 0 Å². The molecule has 0 radical (unpaired) electrons. The van der Waals surface area contributed by atoms with Gasteiger partial charge in [-0.3, -0.25) is 0 Å². The van der Waals surface area contributed by atoms with Crippen molar-refractivity contribution in [2.45, 2.75) is 38.6 Å². The van der Waals surface area contributed by atoms with Crippen LogP contribution in [0.3, 0.4) is 0 Å². The van der Waals surface area contributed by atoms with Gasteiger partial charge in [0, 0.05) is 0 Å². The SMILES string of the molecule is Cc1nn(CCC#N)c(N)c1C(C)(O)C(F)(F)F. The van der Waals surface area contributed by atoms with Crippen molar-refractivity contribution in [2.24, 2.45) is 0 Å². The van der Waals surface area contributed by atoms with E-state index < -0.39 is 17.3 Å². The largest absolute Gasteiger partial charge is 0.421 e. The monoisotopic (exact) mass is 262 g/mol. The topological polar surface area (TPSA) is 87.9 Å². The minimum atomic E-state index is -4.85. The normalized spacial score (nSPS) is 15.2. The van der Waals surface area contributed by atoms with Crippen molar-refractivity contribution in [1.82, 2.24) is 9.78 Å². The van der Waals surface area contributed by atoms with Crippen molar-refractivity contribution in [3.8, 4) is 6.07 Å². The third-order valence-corrected chi connectivity index (χ3v) is 2.64. The van der Waals surface area contributed by atoms with E-state index in [0.717, 1.165) is 4.68 Å². The number of aryl methyl sites for hydroxylation is 2. The van der Waals surface area contributed by atoms with Crippen LogP contribution < -0.4 is 5.73 Å². The lowest BCUT2D eigenvalue weighted by atomic mass is 9.95. The number of aliphatic hydroxyl groups is 1. The van der Waals surface area contributed by atoms with Gasteiger partial charge in [0.2, 0.25) is 0 Å². The molecule has 1 rings (SSSR count). The lowest BCUT2D eigenvalue weighted by molar-refractivity contribution is -0.258. The number of anilines is 1. The average Bonchev–Trinajstić information content (AvgIpc) is 2.49. The second kappa shape index (κ2) is 4.49. The Bertz CT molecular complexity index is 485. The van der Waals surface area contributed by atoms with Gasteiger partial charge in [-0.25, -0.2) is 4.68 Å². The molecule has 100 valence electrons. The number of rotatable bonds is 3. The summed E-state index contributed by atoms with van der Waals surface area (Å²) in [7, 11) is 0. The third kappa shape index (κ3) is 2.26. The highest BCUT2D eigenvalue weighted by Gasteiger charge is 2.54. The quantitative estimate of drug-likeness (QED) is 0.863. The summed E-state index contributed by atoms with van der Waals surface area (Å²) >= 11 is 0. The molecule has 8 heteroatoms. The standard InChI is InChI=1S/C10H13F3N4O/c1-6-7(9(2,18)10(11,12)13)8(15)17(16-6)5-3-4-14/h18H,3,5,15H2,1-2H3. The van der Waals surface area contributed by atoms with Gasteiger partial charge in [0.15, 0.2) is 5.60 Å². The molecule has 5 nitrogen and oxygen atoms in total. The smallest absolute Gasteiger partial charge is 0.384 e. The number of nitrogens with zero attached hydrogens (tertiary/aromatic N) is 3. The van der Waals surface area contributed by atoms with Crippen molar-refractivity contribution in [2.75, 3.05) is 5.73 Å². The van der Waals surface area contributed by atoms with Crippen LogP contribution in [0.25, 0.3) is 0 Å². The van der Waals surface area contributed by atoms with E-state index in [9.17, 15) is 18.3 Å². The molecule has 0 aliphatic heterocycles. The van der Waals surface area contributed by atoms with Gasteiger partial charge in [0.25, 0.3) is 0 Å². The minimum Gasteiger partial charge on any atom is -0.384 e. The Morgan fingerprint density at radius 3 is 2.50 bits per heavy atom. The molecule has 0 bridgehead atoms. The van der Waals surface area contributed by atoms with Crippen molar-refractivity contribution < 1.29 is 18.3 Å². The number of nitrogens with two attached hydrogens (primary N) is 1. The summed E-state index contributed by atoms with van der Waals surface area (Å²) in [5, 5.41) is 21.8. The van der Waals surface area contributed by atoms with Crippen LogP contribution in [0.1, 0.15) is 24.6 Å². The zero-order valence-corrected chi connectivity index (χ0v) is 9.91. The maximum Gasteiger partial charge on any atom is 0.421 e. The summed E-state index contributed by atoms with van der Waals surface area (Å²) in [6.45, 7) is 2.04. The molecule has 0 aliphatic rings. The molecule has 1 atom stereocenters. The Labute approximate surface area is 102 Å². The first-order valence-corrected chi connectivity index (χ1v) is 5.12. The van der Waals surface area contributed by atoms with E-state index in [-0.39, 0.29) is 24.5 Å². The highest BCUT2D eigenvalue weighted by atomic mass is 19.4. The lowest BCUT2D eigenvalue weighted by Crippen LogP contribution is -2.40. The molecule has 1 aromatic heterocycles. The summed E-state index contributed by atoms with van der Waals surface area (Å²) in [4.78, 5) is 0. The molecule has 1 heterocycles. The van der Waals surface area contributed by atoms with Gasteiger partial charge in [-0.1, -0.05) is 0 Å². The first kappa shape index (κ1) is 14.3. The molecule has 0 fully saturated rings. The van der Waals surface area contributed by atoms with Crippen LogP contribution in [0.4, 0.5) is 19.0 Å². The van der Waals surface area contributed by atoms with Crippen molar-refractivity contribution >= 4 is 5.82 Å². The van der Waals surface area contributed by atoms with E-state index in [4.69, 9.17) is 11.0 Å². The number of nitrogen functional groups attached to an aromatic ring is 1. The van der Waals surface area contributed by atoms with Crippen LogP contribution in [0, 0.1) is 18.3 Å². The fourth-order valence-corrected chi connectivity index (χ4v) is 1.67. The molecular formula is C10H13F3N4O. The Morgan fingerprint density at radius 1 is 1.50 bits per heavy atom. The summed E-state index contributed by atoms with van der Waals surface area (Å²) in [6.07, 6.45) is -4.78. The molecular weight excluding hydrogens is 249 g/mol. The van der Waals surface area contributed by atoms with Crippen LogP contribution in [0.5, 0.6) is 0 Å². The maximum atomic E-state index is 12.7. The molecule has 18 heavy (non-hydrogen) atoms. The molecule has 0 aromatic carbocycles. The molecule has 0 saturated heterocycles. The number of halogens is 3. The van der Waals surface area contributed by atoms with Gasteiger partial charge in [0.05, 0.1) is 30.3 Å². The van der Waals surface area contributed by atoms with Gasteiger partial charge in [-0.2, -0.15) is 23.5 Å². The Balaban J connectivity index is 3.27. The Morgan fingerprint density at radius 2 is 2.06 bits per heavy atom. The van der Waals surface area contributed by atoms with E-state index in [1.165, 1.54) is 6.92 Å². The first-order valence-electron chi connectivity index (χ1n) is 5.12. The summed E-state index contributed by atoms with van der Waals surface area (Å²) in [5.74, 6) is -0.273. The van der Waals surface area contributed by atoms with E-state index in [0.29, 0.717) is 6.92 Å². The van der Waals surface area contributed by atoms with Crippen molar-refractivity contribution in [1.29, 1.82) is 5.26 Å². The second-order valence-corrected chi connectivity index (χ2v) is 4.05. The number of alkyl halides is 3. The van der Waals surface area contributed by atoms with E-state index in [2.05, 4.69) is 5.10 Å². The fraction of sp³-hybridized carbons (Fsp3) is 0.600. The van der Waals surface area contributed by atoms with Crippen LogP contribution >= 0.6 is 0 Å². The maximum absolute atomic E-state index is 12.7. The van der Waals surface area contributed by atoms with Gasteiger partial charge >= 0.3 is 6.18 Å². The summed E-state index contributed by atoms with van der Waals surface area (Å²) < 4.78 is 39.3. The molecule has 0 spiro atoms. The predicted octanol–water partition coefficient (Wildman–Crippen LogP) is 1.46. The van der Waals surface area contributed by atoms with E-state index in [1.807, 2.05) is 6.07 Å². The highest BCUT2D eigenvalue weighted by Crippen LogP contribution is 2.42. The van der Waals surface area contributed by atoms with Crippen LogP contribution in [0.15, 0.2) is 0 Å². The average molecular weight is 262 g/mol. The van der Waals surface area contributed by atoms with Crippen molar-refractivity contribution in [3.05, 3.63) is 11.3 Å². The molecule has 0 amide bonds. The number of nitriles is 1. The molecule has 1 unspecified atom stereocenters. The van der Waals surface area contributed by atoms with Gasteiger partial charge < -0.3 is 10.8 Å².